The number of hydrogen-bond donors (Lipinski definition) is 1. The Kier molecular flexibility index (Phi) is 6.22. The summed E-state index contributed by atoms with van der Waals surface area (Å²) in [4.78, 5) is 17.7. The fourth-order valence-corrected chi connectivity index (χ4v) is 2.40. The van der Waals surface area contributed by atoms with Gasteiger partial charge in [0.15, 0.2) is 0 Å². The number of amides is 1. The molecule has 1 rings (SSSR count). The van der Waals surface area contributed by atoms with Crippen LogP contribution in [0.25, 0.3) is 0 Å². The van der Waals surface area contributed by atoms with E-state index in [0.717, 1.165) is 6.54 Å². The summed E-state index contributed by atoms with van der Waals surface area (Å²) in [5.74, 6) is 0.00751. The van der Waals surface area contributed by atoms with E-state index in [0.29, 0.717) is 32.5 Å². The highest BCUT2D eigenvalue weighted by Gasteiger charge is 2.32. The lowest BCUT2D eigenvalue weighted by molar-refractivity contribution is -0.131. The summed E-state index contributed by atoms with van der Waals surface area (Å²) < 4.78 is 0. The maximum Gasteiger partial charge on any atom is 0.236 e. The molecule has 6 heteroatoms. The zero-order chi connectivity index (χ0) is 14.4. The van der Waals surface area contributed by atoms with Gasteiger partial charge in [-0.1, -0.05) is 0 Å². The fraction of sp³-hybridized carbons (Fsp3) is 0.846. The third-order valence-corrected chi connectivity index (χ3v) is 3.40. The van der Waals surface area contributed by atoms with Crippen LogP contribution >= 0.6 is 0 Å². The van der Waals surface area contributed by atoms with Gasteiger partial charge in [-0.15, -0.1) is 0 Å². The van der Waals surface area contributed by atoms with Gasteiger partial charge in [-0.2, -0.15) is 5.26 Å². The highest BCUT2D eigenvalue weighted by atomic mass is 16.3. The number of nitriles is 1. The number of carbonyl (C=O) groups is 1. The van der Waals surface area contributed by atoms with Gasteiger partial charge in [0.2, 0.25) is 5.91 Å². The lowest BCUT2D eigenvalue weighted by Crippen LogP contribution is -2.44. The van der Waals surface area contributed by atoms with Crippen molar-refractivity contribution in [2.24, 2.45) is 0 Å². The Labute approximate surface area is 115 Å². The molecule has 0 spiro atoms. The summed E-state index contributed by atoms with van der Waals surface area (Å²) in [5.41, 5.74) is 0. The van der Waals surface area contributed by atoms with Gasteiger partial charge in [-0.25, -0.2) is 0 Å². The molecule has 0 aromatic rings. The average Bonchev–Trinajstić information content (AvgIpc) is 2.65. The fourth-order valence-electron chi connectivity index (χ4n) is 2.40. The van der Waals surface area contributed by atoms with Gasteiger partial charge in [0.25, 0.3) is 0 Å². The van der Waals surface area contributed by atoms with Crippen LogP contribution in [0.2, 0.25) is 0 Å². The predicted octanol–water partition coefficient (Wildman–Crippen LogP) is -0.645. The van der Waals surface area contributed by atoms with Crippen LogP contribution in [-0.2, 0) is 4.79 Å². The number of nitrogens with zero attached hydrogens (tertiary/aromatic N) is 4. The summed E-state index contributed by atoms with van der Waals surface area (Å²) in [5, 5.41) is 18.3. The molecule has 1 aliphatic heterocycles. The summed E-state index contributed by atoms with van der Waals surface area (Å²) in [6.45, 7) is 2.17. The molecule has 0 aromatic carbocycles. The van der Waals surface area contributed by atoms with E-state index in [4.69, 9.17) is 5.26 Å². The van der Waals surface area contributed by atoms with Crippen molar-refractivity contribution in [1.29, 1.82) is 5.26 Å². The van der Waals surface area contributed by atoms with Gasteiger partial charge in [0.05, 0.1) is 25.1 Å². The third-order valence-electron chi connectivity index (χ3n) is 3.40. The van der Waals surface area contributed by atoms with Gasteiger partial charge >= 0.3 is 0 Å². The van der Waals surface area contributed by atoms with Crippen LogP contribution < -0.4 is 0 Å². The van der Waals surface area contributed by atoms with Crippen LogP contribution in [0, 0.1) is 11.3 Å². The zero-order valence-electron chi connectivity index (χ0n) is 12.0. The highest BCUT2D eigenvalue weighted by molar-refractivity contribution is 5.78. The van der Waals surface area contributed by atoms with Crippen LogP contribution in [0.15, 0.2) is 0 Å². The number of likely N-dealkylation sites (N-methyl/N-ethyl adjacent to an activating group) is 2. The Morgan fingerprint density at radius 1 is 1.47 bits per heavy atom. The first kappa shape index (κ1) is 15.9. The van der Waals surface area contributed by atoms with Crippen molar-refractivity contribution >= 4 is 5.91 Å². The van der Waals surface area contributed by atoms with Crippen molar-refractivity contribution in [3.8, 4) is 6.07 Å². The second-order valence-corrected chi connectivity index (χ2v) is 5.46. The van der Waals surface area contributed by atoms with Crippen molar-refractivity contribution in [3.63, 3.8) is 0 Å². The monoisotopic (exact) mass is 268 g/mol. The van der Waals surface area contributed by atoms with Crippen LogP contribution in [0.3, 0.4) is 0 Å². The number of likely N-dealkylation sites (tertiary alicyclic amines) is 1. The molecule has 0 saturated carbocycles. The Hall–Kier alpha value is -1.16. The molecule has 1 heterocycles. The topological polar surface area (TPSA) is 70.8 Å². The molecule has 0 radical (unpaired) electrons. The molecular formula is C13H24N4O2. The molecule has 1 amide bonds. The van der Waals surface area contributed by atoms with Crippen molar-refractivity contribution in [2.45, 2.75) is 25.0 Å². The molecule has 1 N–H and O–H groups in total. The Morgan fingerprint density at radius 3 is 2.74 bits per heavy atom. The average molecular weight is 268 g/mol. The Bertz CT molecular complexity index is 340. The number of β-amino-alcohol motifs (C(OH)–C–C–N with tert-alkyl or cyclic N) is 1. The van der Waals surface area contributed by atoms with Crippen LogP contribution in [-0.4, -0.2) is 85.2 Å². The second kappa shape index (κ2) is 7.43. The van der Waals surface area contributed by atoms with Gasteiger partial charge in [-0.05, 0) is 20.5 Å². The highest BCUT2D eigenvalue weighted by Crippen LogP contribution is 2.18. The quantitative estimate of drug-likeness (QED) is 0.693. The summed E-state index contributed by atoms with van der Waals surface area (Å²) in [7, 11) is 5.70. The molecule has 2 unspecified atom stereocenters. The van der Waals surface area contributed by atoms with Gasteiger partial charge < -0.3 is 14.9 Å². The van der Waals surface area contributed by atoms with Crippen molar-refractivity contribution in [2.75, 3.05) is 47.3 Å². The Balaban J connectivity index is 2.49. The zero-order valence-corrected chi connectivity index (χ0v) is 12.0. The molecule has 1 aliphatic rings. The number of hydrogen-bond acceptors (Lipinski definition) is 5. The molecule has 1 fully saturated rings. The van der Waals surface area contributed by atoms with Gasteiger partial charge in [0, 0.05) is 32.7 Å². The molecule has 1 saturated heterocycles. The molecule has 6 nitrogen and oxygen atoms in total. The second-order valence-electron chi connectivity index (χ2n) is 5.46. The minimum absolute atomic E-state index is 0.00751. The molecule has 2 atom stereocenters. The molecule has 108 valence electrons. The van der Waals surface area contributed by atoms with Crippen molar-refractivity contribution < 1.29 is 9.90 Å². The first-order valence-electron chi connectivity index (χ1n) is 6.61. The first-order chi connectivity index (χ1) is 8.93. The predicted molar refractivity (Wildman–Crippen MR) is 72.4 cm³/mol. The molecular weight excluding hydrogens is 244 g/mol. The lowest BCUT2D eigenvalue weighted by Gasteiger charge is -2.27. The van der Waals surface area contributed by atoms with E-state index in [-0.39, 0.29) is 18.1 Å². The van der Waals surface area contributed by atoms with E-state index in [9.17, 15) is 9.90 Å². The molecule has 19 heavy (non-hydrogen) atoms. The standard InChI is InChI=1S/C13H24N4O2/c1-15(2)8-11-7-12(18)9-17(11)10-13(19)16(3)6-4-5-14/h11-12,18H,4,6-10H2,1-3H3. The first-order valence-corrected chi connectivity index (χ1v) is 6.61. The summed E-state index contributed by atoms with van der Waals surface area (Å²) in [6.07, 6.45) is 0.724. The maximum atomic E-state index is 12.0. The van der Waals surface area contributed by atoms with Crippen molar-refractivity contribution in [1.82, 2.24) is 14.7 Å². The number of aliphatic hydroxyl groups excluding tert-OH is 1. The minimum Gasteiger partial charge on any atom is -0.392 e. The SMILES string of the molecule is CN(C)CC1CC(O)CN1CC(=O)N(C)CCC#N. The minimum atomic E-state index is -0.345. The smallest absolute Gasteiger partial charge is 0.236 e. The van der Waals surface area contributed by atoms with E-state index < -0.39 is 0 Å². The largest absolute Gasteiger partial charge is 0.392 e. The number of carbonyl (C=O) groups excluding carboxylic acids is 1. The maximum absolute atomic E-state index is 12.0. The van der Waals surface area contributed by atoms with Gasteiger partial charge in [-0.3, -0.25) is 9.69 Å². The van der Waals surface area contributed by atoms with Crippen LogP contribution in [0.4, 0.5) is 0 Å². The van der Waals surface area contributed by atoms with E-state index in [1.54, 1.807) is 11.9 Å². The van der Waals surface area contributed by atoms with E-state index in [1.165, 1.54) is 0 Å². The van der Waals surface area contributed by atoms with Gasteiger partial charge in [0.1, 0.15) is 0 Å². The Morgan fingerprint density at radius 2 is 2.16 bits per heavy atom. The van der Waals surface area contributed by atoms with Crippen LogP contribution in [0.1, 0.15) is 12.8 Å². The van der Waals surface area contributed by atoms with E-state index in [2.05, 4.69) is 4.90 Å². The number of rotatable bonds is 6. The molecule has 0 aromatic heterocycles. The normalized spacial score (nSPS) is 23.6. The van der Waals surface area contributed by atoms with E-state index in [1.807, 2.05) is 25.1 Å². The van der Waals surface area contributed by atoms with Crippen LogP contribution in [0.5, 0.6) is 0 Å². The van der Waals surface area contributed by atoms with E-state index >= 15 is 0 Å². The summed E-state index contributed by atoms with van der Waals surface area (Å²) >= 11 is 0. The molecule has 0 bridgehead atoms. The lowest BCUT2D eigenvalue weighted by atomic mass is 10.2. The third kappa shape index (κ3) is 5.15. The van der Waals surface area contributed by atoms with Crippen molar-refractivity contribution in [3.05, 3.63) is 0 Å². The number of aliphatic hydroxyl groups is 1. The summed E-state index contributed by atoms with van der Waals surface area (Å²) in [6, 6.07) is 2.26. The molecule has 0 aliphatic carbocycles.